The van der Waals surface area contributed by atoms with Gasteiger partial charge >= 0.3 is 0 Å². The lowest BCUT2D eigenvalue weighted by Gasteiger charge is -2.29. The predicted molar refractivity (Wildman–Crippen MR) is 106 cm³/mol. The molecule has 0 amide bonds. The van der Waals surface area contributed by atoms with Crippen LogP contribution in [-0.4, -0.2) is 39.8 Å². The van der Waals surface area contributed by atoms with E-state index in [1.807, 2.05) is 6.07 Å². The minimum Gasteiger partial charge on any atom is -0.496 e. The molecule has 1 aliphatic rings. The number of quaternary nitrogens is 2. The molecule has 2 N–H and O–H groups in total. The smallest absolute Gasteiger partial charge is 0.127 e. The molecule has 0 unspecified atom stereocenters. The van der Waals surface area contributed by atoms with Gasteiger partial charge in [0.25, 0.3) is 0 Å². The van der Waals surface area contributed by atoms with E-state index in [0.29, 0.717) is 0 Å². The van der Waals surface area contributed by atoms with Gasteiger partial charge in [0.2, 0.25) is 0 Å². The number of ether oxygens (including phenoxy) is 1. The van der Waals surface area contributed by atoms with Gasteiger partial charge in [-0.25, -0.2) is 0 Å². The SMILES string of the molecule is COc1ccc(Br)cc1C[NH+]1CC[NH+](C/C=C/c2ccccc2)CC1. The zero-order chi connectivity index (χ0) is 17.5. The third-order valence-electron chi connectivity index (χ3n) is 4.86. The second kappa shape index (κ2) is 9.18. The first kappa shape index (κ1) is 18.2. The highest BCUT2D eigenvalue weighted by molar-refractivity contribution is 9.10. The number of hydrogen-bond acceptors (Lipinski definition) is 1. The lowest BCUT2D eigenvalue weighted by molar-refractivity contribution is -1.02. The molecular weight excluding hydrogens is 376 g/mol. The maximum Gasteiger partial charge on any atom is 0.127 e. The van der Waals surface area contributed by atoms with Gasteiger partial charge in [0.05, 0.1) is 13.7 Å². The van der Waals surface area contributed by atoms with Crippen molar-refractivity contribution in [2.75, 3.05) is 39.8 Å². The average molecular weight is 403 g/mol. The molecule has 0 aliphatic carbocycles. The molecule has 1 fully saturated rings. The van der Waals surface area contributed by atoms with Gasteiger partial charge in [-0.3, -0.25) is 0 Å². The van der Waals surface area contributed by atoms with Crippen molar-refractivity contribution in [1.29, 1.82) is 0 Å². The summed E-state index contributed by atoms with van der Waals surface area (Å²) in [5, 5.41) is 0. The van der Waals surface area contributed by atoms with Crippen molar-refractivity contribution in [3.63, 3.8) is 0 Å². The van der Waals surface area contributed by atoms with Gasteiger partial charge in [0, 0.05) is 10.0 Å². The number of hydrogen-bond donors (Lipinski definition) is 2. The van der Waals surface area contributed by atoms with Crippen molar-refractivity contribution in [2.45, 2.75) is 6.54 Å². The molecular formula is C21H27BrN2O+2. The van der Waals surface area contributed by atoms with Crippen molar-refractivity contribution in [3.8, 4) is 5.75 Å². The van der Waals surface area contributed by atoms with E-state index >= 15 is 0 Å². The molecule has 132 valence electrons. The number of nitrogens with one attached hydrogen (secondary N) is 2. The first-order valence-electron chi connectivity index (χ1n) is 8.96. The topological polar surface area (TPSA) is 18.1 Å². The first-order chi connectivity index (χ1) is 12.2. The zero-order valence-electron chi connectivity index (χ0n) is 14.8. The minimum absolute atomic E-state index is 0.997. The number of benzene rings is 2. The second-order valence-electron chi connectivity index (χ2n) is 6.65. The van der Waals surface area contributed by atoms with E-state index in [4.69, 9.17) is 4.74 Å². The molecule has 0 bridgehead atoms. The highest BCUT2D eigenvalue weighted by Crippen LogP contribution is 2.22. The van der Waals surface area contributed by atoms with Crippen LogP contribution in [0.5, 0.6) is 5.75 Å². The maximum absolute atomic E-state index is 5.51. The third kappa shape index (κ3) is 5.43. The highest BCUT2D eigenvalue weighted by Gasteiger charge is 2.23. The van der Waals surface area contributed by atoms with Gasteiger partial charge in [-0.05, 0) is 29.8 Å². The molecule has 2 aromatic carbocycles. The van der Waals surface area contributed by atoms with Crippen molar-refractivity contribution >= 4 is 22.0 Å². The molecule has 0 spiro atoms. The van der Waals surface area contributed by atoms with Gasteiger partial charge in [0.15, 0.2) is 0 Å². The Bertz CT molecular complexity index is 694. The van der Waals surface area contributed by atoms with Gasteiger partial charge in [-0.1, -0.05) is 52.3 Å². The Hall–Kier alpha value is -1.62. The molecule has 4 heteroatoms. The number of rotatable bonds is 6. The molecule has 0 atom stereocenters. The molecule has 25 heavy (non-hydrogen) atoms. The first-order valence-corrected chi connectivity index (χ1v) is 9.75. The normalized spacial score (nSPS) is 20.7. The fourth-order valence-electron chi connectivity index (χ4n) is 3.42. The fraction of sp³-hybridized carbons (Fsp3) is 0.333. The Morgan fingerprint density at radius 2 is 1.72 bits per heavy atom. The van der Waals surface area contributed by atoms with Crippen LogP contribution in [0.25, 0.3) is 6.08 Å². The van der Waals surface area contributed by atoms with E-state index in [1.54, 1.807) is 16.9 Å². The van der Waals surface area contributed by atoms with Crippen LogP contribution in [0.4, 0.5) is 0 Å². The van der Waals surface area contributed by atoms with Crippen molar-refractivity contribution < 1.29 is 14.5 Å². The van der Waals surface area contributed by atoms with E-state index < -0.39 is 0 Å². The molecule has 3 rings (SSSR count). The quantitative estimate of drug-likeness (QED) is 0.748. The van der Waals surface area contributed by atoms with Crippen LogP contribution in [-0.2, 0) is 6.54 Å². The second-order valence-corrected chi connectivity index (χ2v) is 7.57. The van der Waals surface area contributed by atoms with Crippen LogP contribution in [0.3, 0.4) is 0 Å². The molecule has 0 radical (unpaired) electrons. The standard InChI is InChI=1S/C21H25BrN2O/c1-25-21-10-9-20(22)16-19(21)17-24-14-12-23(13-15-24)11-5-8-18-6-3-2-4-7-18/h2-10,16H,11-15,17H2,1H3/p+2/b8-5+. The minimum atomic E-state index is 0.997. The number of methoxy groups -OCH3 is 1. The average Bonchev–Trinajstić information content (AvgIpc) is 2.64. The Morgan fingerprint density at radius 1 is 1.00 bits per heavy atom. The molecule has 1 saturated heterocycles. The largest absolute Gasteiger partial charge is 0.496 e. The molecule has 0 saturated carbocycles. The monoisotopic (exact) mass is 402 g/mol. The highest BCUT2D eigenvalue weighted by atomic mass is 79.9. The Morgan fingerprint density at radius 3 is 2.44 bits per heavy atom. The summed E-state index contributed by atoms with van der Waals surface area (Å²) in [6.07, 6.45) is 4.55. The number of halogens is 1. The van der Waals surface area contributed by atoms with E-state index in [2.05, 4.69) is 70.5 Å². The zero-order valence-corrected chi connectivity index (χ0v) is 16.4. The van der Waals surface area contributed by atoms with Crippen LogP contribution in [0.2, 0.25) is 0 Å². The van der Waals surface area contributed by atoms with E-state index in [1.165, 1.54) is 37.3 Å². The van der Waals surface area contributed by atoms with Crippen molar-refractivity contribution in [3.05, 3.63) is 70.2 Å². The predicted octanol–water partition coefficient (Wildman–Crippen LogP) is 1.45. The lowest BCUT2D eigenvalue weighted by atomic mass is 10.1. The summed E-state index contributed by atoms with van der Waals surface area (Å²) in [6.45, 7) is 7.03. The van der Waals surface area contributed by atoms with Crippen LogP contribution in [0, 0.1) is 0 Å². The van der Waals surface area contributed by atoms with Crippen molar-refractivity contribution in [2.24, 2.45) is 0 Å². The van der Waals surface area contributed by atoms with E-state index in [9.17, 15) is 0 Å². The maximum atomic E-state index is 5.51. The van der Waals surface area contributed by atoms with Gasteiger partial charge in [-0.2, -0.15) is 0 Å². The summed E-state index contributed by atoms with van der Waals surface area (Å²) in [6, 6.07) is 16.8. The number of piperazine rings is 1. The molecule has 1 heterocycles. The van der Waals surface area contributed by atoms with E-state index in [-0.39, 0.29) is 0 Å². The summed E-state index contributed by atoms with van der Waals surface area (Å²) in [5.74, 6) is 0.997. The Labute approximate surface area is 159 Å². The van der Waals surface area contributed by atoms with Gasteiger partial charge in [0.1, 0.15) is 38.5 Å². The summed E-state index contributed by atoms with van der Waals surface area (Å²) in [5.41, 5.74) is 2.58. The van der Waals surface area contributed by atoms with Crippen LogP contribution in [0.15, 0.2) is 59.1 Å². The van der Waals surface area contributed by atoms with Crippen molar-refractivity contribution in [1.82, 2.24) is 0 Å². The summed E-state index contributed by atoms with van der Waals surface area (Å²) >= 11 is 3.57. The summed E-state index contributed by atoms with van der Waals surface area (Å²) in [7, 11) is 1.75. The summed E-state index contributed by atoms with van der Waals surface area (Å²) < 4.78 is 6.63. The van der Waals surface area contributed by atoms with Crippen LogP contribution in [0.1, 0.15) is 11.1 Å². The van der Waals surface area contributed by atoms with Crippen LogP contribution >= 0.6 is 15.9 Å². The van der Waals surface area contributed by atoms with Gasteiger partial charge in [-0.15, -0.1) is 0 Å². The molecule has 1 aliphatic heterocycles. The van der Waals surface area contributed by atoms with E-state index in [0.717, 1.165) is 23.3 Å². The van der Waals surface area contributed by atoms with Crippen LogP contribution < -0.4 is 14.5 Å². The van der Waals surface area contributed by atoms with Gasteiger partial charge < -0.3 is 14.5 Å². The lowest BCUT2D eigenvalue weighted by Crippen LogP contribution is -3.27. The Kier molecular flexibility index (Phi) is 6.68. The molecule has 0 aromatic heterocycles. The fourth-order valence-corrected chi connectivity index (χ4v) is 3.83. The Balaban J connectivity index is 1.47. The third-order valence-corrected chi connectivity index (χ3v) is 5.36. The molecule has 2 aromatic rings. The molecule has 3 nitrogen and oxygen atoms in total. The summed E-state index contributed by atoms with van der Waals surface area (Å²) in [4.78, 5) is 3.32.